The highest BCUT2D eigenvalue weighted by atomic mass is 35.5. The first kappa shape index (κ1) is 9.69. The minimum absolute atomic E-state index is 0.00935. The van der Waals surface area contributed by atoms with Crippen molar-refractivity contribution < 1.29 is 0 Å². The summed E-state index contributed by atoms with van der Waals surface area (Å²) in [4.78, 5) is 0. The van der Waals surface area contributed by atoms with E-state index in [0.717, 1.165) is 6.32 Å². The quantitative estimate of drug-likeness (QED) is 0.655. The molecule has 3 heteroatoms. The molecular formula is C9H9BCl2. The molecule has 0 N–H and O–H groups in total. The van der Waals surface area contributed by atoms with Gasteiger partial charge < -0.3 is 0 Å². The van der Waals surface area contributed by atoms with Crippen LogP contribution in [0.4, 0.5) is 0 Å². The molecule has 0 radical (unpaired) electrons. The topological polar surface area (TPSA) is 0 Å². The van der Waals surface area contributed by atoms with E-state index in [9.17, 15) is 0 Å². The van der Waals surface area contributed by atoms with Gasteiger partial charge in [-0.15, -0.1) is 0 Å². The number of hydrogen-bond donors (Lipinski definition) is 0. The predicted octanol–water partition coefficient (Wildman–Crippen LogP) is 3.29. The minimum Gasteiger partial charge on any atom is -0.189 e. The third-order valence-electron chi connectivity index (χ3n) is 1.56. The van der Waals surface area contributed by atoms with Crippen LogP contribution in [0.2, 0.25) is 0 Å². The lowest BCUT2D eigenvalue weighted by Gasteiger charge is -1.99. The highest BCUT2D eigenvalue weighted by Gasteiger charge is 2.05. The third kappa shape index (κ3) is 3.33. The molecule has 0 atom stereocenters. The molecular weight excluding hydrogens is 190 g/mol. The van der Waals surface area contributed by atoms with E-state index < -0.39 is 0 Å². The molecule has 0 bridgehead atoms. The summed E-state index contributed by atoms with van der Waals surface area (Å²) < 4.78 is 0. The van der Waals surface area contributed by atoms with Crippen LogP contribution >= 0.6 is 23.1 Å². The summed E-state index contributed by atoms with van der Waals surface area (Å²) >= 11 is 11.3. The first-order valence-electron chi connectivity index (χ1n) is 3.78. The lowest BCUT2D eigenvalue weighted by molar-refractivity contribution is 1.38. The highest BCUT2D eigenvalue weighted by molar-refractivity contribution is 7.09. The molecule has 0 heterocycles. The number of halogens is 2. The van der Waals surface area contributed by atoms with Gasteiger partial charge in [-0.1, -0.05) is 53.5 Å². The molecule has 1 aromatic carbocycles. The summed E-state index contributed by atoms with van der Waals surface area (Å²) in [6, 6.07) is 10.1. The lowest BCUT2D eigenvalue weighted by atomic mass is 9.70. The van der Waals surface area contributed by atoms with Gasteiger partial charge in [0.15, 0.2) is 0 Å². The Labute approximate surface area is 83.2 Å². The first-order valence-corrected chi connectivity index (χ1v) is 4.65. The van der Waals surface area contributed by atoms with E-state index in [1.807, 2.05) is 18.2 Å². The largest absolute Gasteiger partial charge is 0.280 e. The number of hydrogen-bond acceptors (Lipinski definition) is 0. The van der Waals surface area contributed by atoms with Crippen molar-refractivity contribution >= 4 is 29.2 Å². The van der Waals surface area contributed by atoms with Gasteiger partial charge in [-0.05, 0) is 11.9 Å². The van der Waals surface area contributed by atoms with Crippen molar-refractivity contribution in [1.29, 1.82) is 0 Å². The highest BCUT2D eigenvalue weighted by Crippen LogP contribution is 2.05. The summed E-state index contributed by atoms with van der Waals surface area (Å²) in [5.41, 5.74) is 2.69. The zero-order chi connectivity index (χ0) is 8.81. The minimum atomic E-state index is -0.00935. The van der Waals surface area contributed by atoms with Crippen molar-refractivity contribution in [3.63, 3.8) is 0 Å². The molecule has 0 aliphatic rings. The van der Waals surface area contributed by atoms with Crippen molar-refractivity contribution in [2.75, 3.05) is 0 Å². The first-order chi connectivity index (χ1) is 5.83. The molecule has 0 amide bonds. The Morgan fingerprint density at radius 2 is 1.92 bits per heavy atom. The Morgan fingerprint density at radius 1 is 1.25 bits per heavy atom. The Hall–Kier alpha value is -0.395. The van der Waals surface area contributed by atoms with E-state index >= 15 is 0 Å². The smallest absolute Gasteiger partial charge is 0.189 e. The second-order valence-corrected chi connectivity index (χ2v) is 3.34. The second-order valence-electron chi connectivity index (χ2n) is 2.52. The van der Waals surface area contributed by atoms with Gasteiger partial charge in [0, 0.05) is 0 Å². The molecule has 0 fully saturated rings. The molecule has 12 heavy (non-hydrogen) atoms. The Bertz CT molecular complexity index is 246. The number of benzene rings is 1. The Morgan fingerprint density at radius 3 is 2.50 bits per heavy atom. The zero-order valence-electron chi connectivity index (χ0n) is 6.58. The van der Waals surface area contributed by atoms with Crippen LogP contribution in [0, 0.1) is 0 Å². The van der Waals surface area contributed by atoms with Gasteiger partial charge in [0.2, 0.25) is 0 Å². The molecule has 0 unspecified atom stereocenters. The summed E-state index contributed by atoms with van der Waals surface area (Å²) in [5, 5.41) is 0. The van der Waals surface area contributed by atoms with E-state index in [4.69, 9.17) is 23.1 Å². The van der Waals surface area contributed by atoms with Crippen LogP contribution in [0.1, 0.15) is 5.56 Å². The van der Waals surface area contributed by atoms with Gasteiger partial charge >= 0.3 is 0 Å². The second kappa shape index (κ2) is 5.29. The fourth-order valence-electron chi connectivity index (χ4n) is 0.986. The maximum absolute atomic E-state index is 5.94. The number of rotatable bonds is 3. The van der Waals surface area contributed by atoms with Crippen LogP contribution in [-0.4, -0.2) is 6.13 Å². The van der Waals surface area contributed by atoms with Crippen molar-refractivity contribution in [3.05, 3.63) is 47.4 Å². The normalized spacial score (nSPS) is 10.5. The Balaban J connectivity index is 2.52. The third-order valence-corrected chi connectivity index (χ3v) is 2.00. The van der Waals surface area contributed by atoms with Crippen LogP contribution in [0.3, 0.4) is 0 Å². The van der Waals surface area contributed by atoms with Crippen molar-refractivity contribution in [3.8, 4) is 0 Å². The van der Waals surface area contributed by atoms with E-state index in [-0.39, 0.29) is 6.13 Å². The maximum Gasteiger partial charge on any atom is 0.280 e. The van der Waals surface area contributed by atoms with Crippen LogP contribution in [0.5, 0.6) is 0 Å². The molecule has 0 aromatic heterocycles. The molecule has 1 rings (SSSR count). The molecule has 62 valence electrons. The lowest BCUT2D eigenvalue weighted by Crippen LogP contribution is -2.04. The van der Waals surface area contributed by atoms with Crippen LogP contribution < -0.4 is 0 Å². The molecule has 0 nitrogen and oxygen atoms in total. The molecule has 1 aromatic rings. The zero-order valence-corrected chi connectivity index (χ0v) is 8.09. The molecule has 0 saturated carbocycles. The monoisotopic (exact) mass is 198 g/mol. The average molecular weight is 199 g/mol. The van der Waals surface area contributed by atoms with Crippen LogP contribution in [0.15, 0.2) is 41.8 Å². The van der Waals surface area contributed by atoms with Gasteiger partial charge in [-0.25, -0.2) is 0 Å². The van der Waals surface area contributed by atoms with Gasteiger partial charge in [-0.3, -0.25) is 0 Å². The Kier molecular flexibility index (Phi) is 4.27. The van der Waals surface area contributed by atoms with Gasteiger partial charge in [0.05, 0.1) is 0 Å². The van der Waals surface area contributed by atoms with Crippen molar-refractivity contribution in [2.24, 2.45) is 0 Å². The van der Waals surface area contributed by atoms with Crippen LogP contribution in [0.25, 0.3) is 0 Å². The van der Waals surface area contributed by atoms with Gasteiger partial charge in [0.1, 0.15) is 0 Å². The van der Waals surface area contributed by atoms with E-state index in [2.05, 4.69) is 12.1 Å². The maximum atomic E-state index is 5.94. The average Bonchev–Trinajstić information content (AvgIpc) is 2.06. The molecule has 0 aliphatic carbocycles. The van der Waals surface area contributed by atoms with Crippen molar-refractivity contribution in [2.45, 2.75) is 6.32 Å². The van der Waals surface area contributed by atoms with Gasteiger partial charge in [0.25, 0.3) is 6.13 Å². The predicted molar refractivity (Wildman–Crippen MR) is 56.7 cm³/mol. The fourth-order valence-corrected chi connectivity index (χ4v) is 1.49. The van der Waals surface area contributed by atoms with E-state index in [1.54, 1.807) is 5.98 Å². The molecule has 0 aliphatic heterocycles. The summed E-state index contributed by atoms with van der Waals surface area (Å²) in [5.74, 6) is 1.77. The SMILES string of the molecule is Cl/C=C\B(Cl)Cc1ccccc1. The summed E-state index contributed by atoms with van der Waals surface area (Å²) in [6.07, 6.45) is 0.816. The van der Waals surface area contributed by atoms with E-state index in [0.29, 0.717) is 0 Å². The van der Waals surface area contributed by atoms with Crippen LogP contribution in [-0.2, 0) is 6.32 Å². The van der Waals surface area contributed by atoms with Gasteiger partial charge in [-0.2, -0.15) is 11.5 Å². The summed E-state index contributed by atoms with van der Waals surface area (Å²) in [7, 11) is 0. The fraction of sp³-hybridized carbons (Fsp3) is 0.111. The van der Waals surface area contributed by atoms with Crippen molar-refractivity contribution in [1.82, 2.24) is 0 Å². The molecule has 0 spiro atoms. The standard InChI is InChI=1S/C9H9BCl2/c11-7-6-10(12)8-9-4-2-1-3-5-9/h1-7H,8H2/b7-6-. The molecule has 0 saturated heterocycles. The summed E-state index contributed by atoms with van der Waals surface area (Å²) in [6.45, 7) is 0. The van der Waals surface area contributed by atoms with E-state index in [1.165, 1.54) is 11.1 Å².